The number of hydrogen-bond donors (Lipinski definition) is 3. The molecule has 34 heavy (non-hydrogen) atoms. The van der Waals surface area contributed by atoms with Gasteiger partial charge in [0.05, 0.1) is 22.9 Å². The van der Waals surface area contributed by atoms with Gasteiger partial charge in [0.1, 0.15) is 6.04 Å². The highest BCUT2D eigenvalue weighted by atomic mass is 32.2. The van der Waals surface area contributed by atoms with Crippen LogP contribution in [0, 0.1) is 6.92 Å². The smallest absolute Gasteiger partial charge is 0.251 e. The molecule has 1 atom stereocenters. The van der Waals surface area contributed by atoms with Crippen LogP contribution in [-0.2, 0) is 20.4 Å². The van der Waals surface area contributed by atoms with Crippen LogP contribution in [0.1, 0.15) is 53.6 Å². The number of amides is 2. The first kappa shape index (κ1) is 24.0. The molecule has 0 radical (unpaired) electrons. The molecule has 1 heterocycles. The second-order valence-corrected chi connectivity index (χ2v) is 11.2. The van der Waals surface area contributed by atoms with Gasteiger partial charge in [0, 0.05) is 12.1 Å². The second-order valence-electron chi connectivity index (χ2n) is 9.04. The summed E-state index contributed by atoms with van der Waals surface area (Å²) in [5.41, 5.74) is 4.55. The Hall–Kier alpha value is -3.13. The second kappa shape index (κ2) is 10.4. The largest absolute Gasteiger partial charge is 0.371 e. The molecule has 7 nitrogen and oxygen atoms in total. The van der Waals surface area contributed by atoms with E-state index >= 15 is 0 Å². The maximum absolute atomic E-state index is 12.8. The van der Waals surface area contributed by atoms with Crippen LogP contribution in [0.4, 0.5) is 11.4 Å². The molecular formula is C26H31N3O4S. The number of anilines is 2. The van der Waals surface area contributed by atoms with E-state index < -0.39 is 21.8 Å². The molecule has 2 aliphatic rings. The lowest BCUT2D eigenvalue weighted by atomic mass is 9.97. The SMILES string of the molecule is Cc1ccccc1CS(=O)(=O)CC1Nc2ccc(C(=O)NCCC3=CCCCC3)cc2NC1=O. The monoisotopic (exact) mass is 481 g/mol. The van der Waals surface area contributed by atoms with Crippen molar-refractivity contribution in [1.29, 1.82) is 0 Å². The third kappa shape index (κ3) is 6.05. The average molecular weight is 482 g/mol. The number of hydrogen-bond acceptors (Lipinski definition) is 5. The Morgan fingerprint density at radius 2 is 1.94 bits per heavy atom. The minimum Gasteiger partial charge on any atom is -0.371 e. The van der Waals surface area contributed by atoms with E-state index in [1.54, 1.807) is 30.3 Å². The van der Waals surface area contributed by atoms with Crippen LogP contribution in [0.2, 0.25) is 0 Å². The summed E-state index contributed by atoms with van der Waals surface area (Å²) >= 11 is 0. The van der Waals surface area contributed by atoms with Crippen molar-refractivity contribution in [2.75, 3.05) is 22.9 Å². The predicted octanol–water partition coefficient (Wildman–Crippen LogP) is 3.96. The Labute approximate surface area is 200 Å². The molecule has 4 rings (SSSR count). The molecule has 0 spiro atoms. The van der Waals surface area contributed by atoms with Gasteiger partial charge in [0.2, 0.25) is 5.91 Å². The number of allylic oxidation sites excluding steroid dienone is 1. The zero-order chi connectivity index (χ0) is 24.1. The summed E-state index contributed by atoms with van der Waals surface area (Å²) in [5.74, 6) is -1.06. The van der Waals surface area contributed by atoms with Crippen molar-refractivity contribution < 1.29 is 18.0 Å². The molecule has 0 saturated heterocycles. The van der Waals surface area contributed by atoms with Gasteiger partial charge in [-0.2, -0.15) is 0 Å². The number of sulfone groups is 1. The first-order valence-electron chi connectivity index (χ1n) is 11.7. The van der Waals surface area contributed by atoms with Crippen molar-refractivity contribution in [2.24, 2.45) is 0 Å². The zero-order valence-electron chi connectivity index (χ0n) is 19.4. The topological polar surface area (TPSA) is 104 Å². The third-order valence-corrected chi connectivity index (χ3v) is 7.95. The minimum absolute atomic E-state index is 0.117. The van der Waals surface area contributed by atoms with Gasteiger partial charge in [-0.15, -0.1) is 0 Å². The molecule has 1 unspecified atom stereocenters. The Bertz CT molecular complexity index is 1220. The van der Waals surface area contributed by atoms with Crippen LogP contribution in [-0.4, -0.2) is 38.6 Å². The molecule has 1 aliphatic carbocycles. The molecule has 8 heteroatoms. The molecule has 2 aromatic rings. The van der Waals surface area contributed by atoms with Crippen LogP contribution < -0.4 is 16.0 Å². The lowest BCUT2D eigenvalue weighted by Crippen LogP contribution is -2.43. The zero-order valence-corrected chi connectivity index (χ0v) is 20.2. The summed E-state index contributed by atoms with van der Waals surface area (Å²) in [6.45, 7) is 2.45. The number of rotatable bonds is 8. The van der Waals surface area contributed by atoms with Crippen molar-refractivity contribution >= 4 is 33.0 Å². The van der Waals surface area contributed by atoms with Gasteiger partial charge in [0.25, 0.3) is 5.91 Å². The van der Waals surface area contributed by atoms with E-state index in [0.717, 1.165) is 30.4 Å². The maximum atomic E-state index is 12.8. The van der Waals surface area contributed by atoms with E-state index in [-0.39, 0.29) is 17.4 Å². The molecule has 3 N–H and O–H groups in total. The van der Waals surface area contributed by atoms with E-state index in [1.165, 1.54) is 18.4 Å². The van der Waals surface area contributed by atoms with E-state index in [9.17, 15) is 18.0 Å². The quantitative estimate of drug-likeness (QED) is 0.495. The number of nitrogens with one attached hydrogen (secondary N) is 3. The van der Waals surface area contributed by atoms with E-state index in [0.29, 0.717) is 23.5 Å². The molecule has 2 amide bonds. The summed E-state index contributed by atoms with van der Waals surface area (Å²) in [6.07, 6.45) is 7.81. The number of aryl methyl sites for hydroxylation is 1. The molecule has 0 fully saturated rings. The van der Waals surface area contributed by atoms with E-state index in [2.05, 4.69) is 22.0 Å². The predicted molar refractivity (Wildman–Crippen MR) is 135 cm³/mol. The summed E-state index contributed by atoms with van der Waals surface area (Å²) in [7, 11) is -3.53. The van der Waals surface area contributed by atoms with Gasteiger partial charge in [-0.25, -0.2) is 8.42 Å². The average Bonchev–Trinajstić information content (AvgIpc) is 2.81. The van der Waals surface area contributed by atoms with Crippen LogP contribution in [0.5, 0.6) is 0 Å². The van der Waals surface area contributed by atoms with E-state index in [1.807, 2.05) is 19.1 Å². The van der Waals surface area contributed by atoms with Gasteiger partial charge in [-0.1, -0.05) is 35.9 Å². The van der Waals surface area contributed by atoms with E-state index in [4.69, 9.17) is 0 Å². The van der Waals surface area contributed by atoms with Gasteiger partial charge in [-0.3, -0.25) is 9.59 Å². The lowest BCUT2D eigenvalue weighted by Gasteiger charge is -2.27. The third-order valence-electron chi connectivity index (χ3n) is 6.36. The standard InChI is InChI=1S/C26H31N3O4S/c1-18-7-5-6-10-21(18)16-34(32,33)17-24-26(31)29-23-15-20(11-12-22(23)28-24)25(30)27-14-13-19-8-3-2-4-9-19/h5-8,10-12,15,24,28H,2-4,9,13-14,16-17H2,1H3,(H,27,30)(H,29,31). The Kier molecular flexibility index (Phi) is 7.36. The van der Waals surface area contributed by atoms with Crippen molar-refractivity contribution in [1.82, 2.24) is 5.32 Å². The summed E-state index contributed by atoms with van der Waals surface area (Å²) in [5, 5.41) is 8.72. The molecule has 0 bridgehead atoms. The van der Waals surface area contributed by atoms with Crippen molar-refractivity contribution in [3.8, 4) is 0 Å². The fourth-order valence-corrected chi connectivity index (χ4v) is 6.06. The van der Waals surface area contributed by atoms with Gasteiger partial charge in [-0.05, 0) is 68.4 Å². The highest BCUT2D eigenvalue weighted by molar-refractivity contribution is 7.90. The molecule has 2 aromatic carbocycles. The molecule has 1 aliphatic heterocycles. The summed E-state index contributed by atoms with van der Waals surface area (Å²) in [6, 6.07) is 11.4. The van der Waals surface area contributed by atoms with Crippen LogP contribution in [0.15, 0.2) is 54.1 Å². The maximum Gasteiger partial charge on any atom is 0.251 e. The van der Waals surface area contributed by atoms with Crippen molar-refractivity contribution in [2.45, 2.75) is 50.8 Å². The molecule has 0 aromatic heterocycles. The van der Waals surface area contributed by atoms with Crippen LogP contribution in [0.25, 0.3) is 0 Å². The Balaban J connectivity index is 1.36. The molecule has 0 saturated carbocycles. The number of carbonyl (C=O) groups excluding carboxylic acids is 2. The highest BCUT2D eigenvalue weighted by Crippen LogP contribution is 2.29. The van der Waals surface area contributed by atoms with Gasteiger partial charge in [0.15, 0.2) is 9.84 Å². The minimum atomic E-state index is -3.53. The summed E-state index contributed by atoms with van der Waals surface area (Å²) in [4.78, 5) is 25.2. The van der Waals surface area contributed by atoms with Gasteiger partial charge < -0.3 is 16.0 Å². The molecular weight excluding hydrogens is 450 g/mol. The first-order valence-corrected chi connectivity index (χ1v) is 13.6. The van der Waals surface area contributed by atoms with Crippen molar-refractivity contribution in [3.05, 3.63) is 70.8 Å². The molecule has 180 valence electrons. The fraction of sp³-hybridized carbons (Fsp3) is 0.385. The lowest BCUT2D eigenvalue weighted by molar-refractivity contribution is -0.116. The Morgan fingerprint density at radius 3 is 2.71 bits per heavy atom. The fourth-order valence-electron chi connectivity index (χ4n) is 4.40. The number of fused-ring (bicyclic) bond motifs is 1. The van der Waals surface area contributed by atoms with Gasteiger partial charge >= 0.3 is 0 Å². The first-order chi connectivity index (χ1) is 16.3. The van der Waals surface area contributed by atoms with Crippen LogP contribution >= 0.6 is 0 Å². The number of carbonyl (C=O) groups is 2. The van der Waals surface area contributed by atoms with Crippen LogP contribution in [0.3, 0.4) is 0 Å². The number of benzene rings is 2. The summed E-state index contributed by atoms with van der Waals surface area (Å²) < 4.78 is 25.5. The normalized spacial score (nSPS) is 17.7. The highest BCUT2D eigenvalue weighted by Gasteiger charge is 2.30. The Morgan fingerprint density at radius 1 is 1.12 bits per heavy atom. The van der Waals surface area contributed by atoms with Crippen molar-refractivity contribution in [3.63, 3.8) is 0 Å².